The summed E-state index contributed by atoms with van der Waals surface area (Å²) in [6.45, 7) is 4.74. The number of allylic oxidation sites excluding steroid dienone is 2. The zero-order valence-electron chi connectivity index (χ0n) is 8.55. The van der Waals surface area contributed by atoms with E-state index in [1.165, 1.54) is 19.3 Å². The molecule has 0 aromatic rings. The van der Waals surface area contributed by atoms with Crippen LogP contribution in [0.2, 0.25) is 0 Å². The van der Waals surface area contributed by atoms with E-state index in [9.17, 15) is 4.79 Å². The van der Waals surface area contributed by atoms with E-state index in [4.69, 9.17) is 0 Å². The van der Waals surface area contributed by atoms with Crippen LogP contribution in [0.15, 0.2) is 11.6 Å². The molecule has 2 aliphatic carbocycles. The molecule has 1 nitrogen and oxygen atoms in total. The number of carbonyl (C=O) groups is 1. The molecule has 1 heteroatoms. The molecule has 0 aliphatic heterocycles. The first-order valence-electron chi connectivity index (χ1n) is 5.29. The van der Waals surface area contributed by atoms with Gasteiger partial charge in [-0.3, -0.25) is 4.79 Å². The minimum atomic E-state index is 0.501. The van der Waals surface area contributed by atoms with Crippen LogP contribution >= 0.6 is 0 Å². The highest BCUT2D eigenvalue weighted by molar-refractivity contribution is 5.74. The Morgan fingerprint density at radius 1 is 1.54 bits per heavy atom. The van der Waals surface area contributed by atoms with Crippen molar-refractivity contribution >= 4 is 6.29 Å². The Morgan fingerprint density at radius 3 is 3.00 bits per heavy atom. The van der Waals surface area contributed by atoms with Gasteiger partial charge in [0.15, 0.2) is 0 Å². The maximum atomic E-state index is 10.8. The Morgan fingerprint density at radius 2 is 2.31 bits per heavy atom. The van der Waals surface area contributed by atoms with Gasteiger partial charge in [0.2, 0.25) is 0 Å². The predicted octanol–water partition coefficient (Wildman–Crippen LogP) is 2.96. The highest BCUT2D eigenvalue weighted by atomic mass is 16.1. The van der Waals surface area contributed by atoms with E-state index < -0.39 is 0 Å². The van der Waals surface area contributed by atoms with Crippen molar-refractivity contribution in [1.82, 2.24) is 0 Å². The zero-order chi connectivity index (χ0) is 9.47. The molecule has 0 amide bonds. The van der Waals surface area contributed by atoms with E-state index in [-0.39, 0.29) is 0 Å². The average molecular weight is 178 g/mol. The SMILES string of the molecule is CC1(C)CCC2CC1CC=C2C=O. The molecule has 2 bridgehead atoms. The summed E-state index contributed by atoms with van der Waals surface area (Å²) in [4.78, 5) is 10.8. The third-order valence-corrected chi connectivity index (χ3v) is 4.06. The Hall–Kier alpha value is -0.590. The van der Waals surface area contributed by atoms with Gasteiger partial charge in [-0.05, 0) is 48.5 Å². The average Bonchev–Trinajstić information content (AvgIpc) is 2.13. The van der Waals surface area contributed by atoms with E-state index >= 15 is 0 Å². The van der Waals surface area contributed by atoms with Gasteiger partial charge in [-0.25, -0.2) is 0 Å². The Kier molecular flexibility index (Phi) is 2.05. The Labute approximate surface area is 80.2 Å². The Balaban J connectivity index is 2.21. The molecule has 0 aromatic carbocycles. The molecule has 0 radical (unpaired) electrons. The van der Waals surface area contributed by atoms with Crippen LogP contribution in [0, 0.1) is 17.3 Å². The van der Waals surface area contributed by atoms with Crippen molar-refractivity contribution in [2.24, 2.45) is 17.3 Å². The molecular formula is C12H18O. The molecule has 2 rings (SSSR count). The van der Waals surface area contributed by atoms with Crippen LogP contribution in [0.5, 0.6) is 0 Å². The third-order valence-electron chi connectivity index (χ3n) is 4.06. The van der Waals surface area contributed by atoms with E-state index in [0.29, 0.717) is 11.3 Å². The molecule has 2 aliphatic rings. The fourth-order valence-electron chi connectivity index (χ4n) is 2.84. The maximum absolute atomic E-state index is 10.8. The van der Waals surface area contributed by atoms with Crippen LogP contribution < -0.4 is 0 Å². The number of hydrogen-bond donors (Lipinski definition) is 0. The first-order valence-corrected chi connectivity index (χ1v) is 5.29. The fourth-order valence-corrected chi connectivity index (χ4v) is 2.84. The lowest BCUT2D eigenvalue weighted by Crippen LogP contribution is -2.34. The van der Waals surface area contributed by atoms with Gasteiger partial charge in [-0.2, -0.15) is 0 Å². The van der Waals surface area contributed by atoms with Crippen LogP contribution in [0.4, 0.5) is 0 Å². The van der Waals surface area contributed by atoms with Gasteiger partial charge in [-0.1, -0.05) is 19.9 Å². The summed E-state index contributed by atoms with van der Waals surface area (Å²) < 4.78 is 0. The second kappa shape index (κ2) is 2.97. The minimum Gasteiger partial charge on any atom is -0.298 e. The predicted molar refractivity (Wildman–Crippen MR) is 53.4 cm³/mol. The summed E-state index contributed by atoms with van der Waals surface area (Å²) in [5.41, 5.74) is 1.58. The molecule has 0 heterocycles. The molecule has 1 fully saturated rings. The molecule has 2 atom stereocenters. The first-order chi connectivity index (χ1) is 6.13. The second-order valence-corrected chi connectivity index (χ2v) is 5.21. The van der Waals surface area contributed by atoms with Crippen molar-refractivity contribution in [3.8, 4) is 0 Å². The van der Waals surface area contributed by atoms with Crippen molar-refractivity contribution in [2.75, 3.05) is 0 Å². The van der Waals surface area contributed by atoms with E-state index in [2.05, 4.69) is 19.9 Å². The standard InChI is InChI=1S/C12H18O/c1-12(2)6-5-9-7-11(12)4-3-10(9)8-13/h3,8-9,11H,4-7H2,1-2H3. The lowest BCUT2D eigenvalue weighted by atomic mass is 9.60. The van der Waals surface area contributed by atoms with Gasteiger partial charge in [0.05, 0.1) is 0 Å². The van der Waals surface area contributed by atoms with Gasteiger partial charge >= 0.3 is 0 Å². The summed E-state index contributed by atoms with van der Waals surface area (Å²) in [6.07, 6.45) is 8.11. The van der Waals surface area contributed by atoms with Gasteiger partial charge in [0, 0.05) is 0 Å². The van der Waals surface area contributed by atoms with E-state index in [1.807, 2.05) is 0 Å². The summed E-state index contributed by atoms with van der Waals surface area (Å²) in [6, 6.07) is 0. The van der Waals surface area contributed by atoms with Crippen LogP contribution in [-0.4, -0.2) is 6.29 Å². The number of aldehydes is 1. The molecule has 1 saturated carbocycles. The van der Waals surface area contributed by atoms with Crippen LogP contribution in [0.3, 0.4) is 0 Å². The van der Waals surface area contributed by atoms with Crippen molar-refractivity contribution in [3.05, 3.63) is 11.6 Å². The molecule has 0 N–H and O–H groups in total. The summed E-state index contributed by atoms with van der Waals surface area (Å²) in [5, 5.41) is 0. The fraction of sp³-hybridized carbons (Fsp3) is 0.750. The van der Waals surface area contributed by atoms with Gasteiger partial charge in [0.1, 0.15) is 6.29 Å². The summed E-state index contributed by atoms with van der Waals surface area (Å²) >= 11 is 0. The van der Waals surface area contributed by atoms with Gasteiger partial charge in [-0.15, -0.1) is 0 Å². The van der Waals surface area contributed by atoms with Crippen LogP contribution in [-0.2, 0) is 4.79 Å². The van der Waals surface area contributed by atoms with E-state index in [1.54, 1.807) is 0 Å². The minimum absolute atomic E-state index is 0.501. The molecule has 13 heavy (non-hydrogen) atoms. The molecule has 2 unspecified atom stereocenters. The number of carbonyl (C=O) groups excluding carboxylic acids is 1. The molecule has 0 saturated heterocycles. The van der Waals surface area contributed by atoms with E-state index in [0.717, 1.165) is 24.2 Å². The molecule has 0 aromatic heterocycles. The third kappa shape index (κ3) is 1.45. The van der Waals surface area contributed by atoms with Crippen molar-refractivity contribution < 1.29 is 4.79 Å². The van der Waals surface area contributed by atoms with Crippen molar-refractivity contribution in [3.63, 3.8) is 0 Å². The van der Waals surface area contributed by atoms with Gasteiger partial charge in [0.25, 0.3) is 0 Å². The molecule has 72 valence electrons. The molecular weight excluding hydrogens is 160 g/mol. The normalized spacial score (nSPS) is 36.6. The van der Waals surface area contributed by atoms with Crippen LogP contribution in [0.1, 0.15) is 39.5 Å². The highest BCUT2D eigenvalue weighted by Crippen LogP contribution is 2.49. The van der Waals surface area contributed by atoms with Crippen molar-refractivity contribution in [1.29, 1.82) is 0 Å². The zero-order valence-corrected chi connectivity index (χ0v) is 8.55. The lowest BCUT2D eigenvalue weighted by Gasteiger charge is -2.44. The largest absolute Gasteiger partial charge is 0.298 e. The summed E-state index contributed by atoms with van der Waals surface area (Å²) in [7, 11) is 0. The first kappa shape index (κ1) is 8.98. The Bertz CT molecular complexity index is 250. The number of rotatable bonds is 1. The monoisotopic (exact) mass is 178 g/mol. The smallest absolute Gasteiger partial charge is 0.145 e. The molecule has 0 spiro atoms. The second-order valence-electron chi connectivity index (χ2n) is 5.21. The highest BCUT2D eigenvalue weighted by Gasteiger charge is 2.38. The summed E-state index contributed by atoms with van der Waals surface area (Å²) in [5.74, 6) is 1.40. The quantitative estimate of drug-likeness (QED) is 0.564. The van der Waals surface area contributed by atoms with Crippen molar-refractivity contribution in [2.45, 2.75) is 39.5 Å². The van der Waals surface area contributed by atoms with Gasteiger partial charge < -0.3 is 0 Å². The topological polar surface area (TPSA) is 17.1 Å². The number of hydrogen-bond acceptors (Lipinski definition) is 1. The maximum Gasteiger partial charge on any atom is 0.145 e. The van der Waals surface area contributed by atoms with Crippen LogP contribution in [0.25, 0.3) is 0 Å². The number of fused-ring (bicyclic) bond motifs is 2. The lowest BCUT2D eigenvalue weighted by molar-refractivity contribution is -0.105.